The normalized spacial score (nSPS) is 13.5. The lowest BCUT2D eigenvalue weighted by Crippen LogP contribution is -2.16. The zero-order valence-electron chi connectivity index (χ0n) is 12.2. The van der Waals surface area contributed by atoms with Crippen molar-refractivity contribution in [3.63, 3.8) is 0 Å². The predicted octanol–water partition coefficient (Wildman–Crippen LogP) is 4.35. The summed E-state index contributed by atoms with van der Waals surface area (Å²) in [7, 11) is -4.30. The smallest absolute Gasteiger partial charge is 0.295 e. The highest BCUT2D eigenvalue weighted by Crippen LogP contribution is 2.39. The first-order chi connectivity index (χ1) is 11.4. The van der Waals surface area contributed by atoms with Gasteiger partial charge in [-0.2, -0.15) is 8.42 Å². The molecule has 0 fully saturated rings. The van der Waals surface area contributed by atoms with Crippen molar-refractivity contribution in [1.82, 2.24) is 0 Å². The third-order valence-electron chi connectivity index (χ3n) is 3.86. The molecule has 4 rings (SSSR count). The van der Waals surface area contributed by atoms with Crippen molar-refractivity contribution in [1.29, 1.82) is 0 Å². The molecule has 0 saturated carbocycles. The minimum absolute atomic E-state index is 0.118. The molecular formula is C17H11BrN2O3S. The molecule has 0 radical (unpaired) electrons. The molecule has 2 N–H and O–H groups in total. The molecule has 0 aliphatic carbocycles. The van der Waals surface area contributed by atoms with Gasteiger partial charge in [-0.3, -0.25) is 4.55 Å². The van der Waals surface area contributed by atoms with Crippen molar-refractivity contribution >= 4 is 54.0 Å². The van der Waals surface area contributed by atoms with Crippen LogP contribution < -0.4 is 5.32 Å². The Morgan fingerprint density at radius 3 is 2.46 bits per heavy atom. The number of nitrogens with zero attached hydrogens (tertiary/aromatic N) is 1. The third kappa shape index (κ3) is 2.50. The molecule has 24 heavy (non-hydrogen) atoms. The SMILES string of the molecule is O=S(=O)(O)c1ccc2c3c(cccc13)NC(c1ccc(Br)cc1)=N2. The van der Waals surface area contributed by atoms with Gasteiger partial charge < -0.3 is 5.32 Å². The molecule has 5 nitrogen and oxygen atoms in total. The number of nitrogens with one attached hydrogen (secondary N) is 1. The van der Waals surface area contributed by atoms with Crippen LogP contribution in [0.1, 0.15) is 5.56 Å². The molecule has 1 heterocycles. The van der Waals surface area contributed by atoms with E-state index in [0.29, 0.717) is 22.3 Å². The lowest BCUT2D eigenvalue weighted by atomic mass is 10.0. The molecule has 3 aromatic carbocycles. The summed E-state index contributed by atoms with van der Waals surface area (Å²) in [5.41, 5.74) is 2.32. The van der Waals surface area contributed by atoms with Gasteiger partial charge in [-0.1, -0.05) is 40.2 Å². The summed E-state index contributed by atoms with van der Waals surface area (Å²) < 4.78 is 33.6. The Balaban J connectivity index is 1.96. The van der Waals surface area contributed by atoms with E-state index in [2.05, 4.69) is 26.2 Å². The molecular weight excluding hydrogens is 392 g/mol. The van der Waals surface area contributed by atoms with E-state index in [4.69, 9.17) is 0 Å². The van der Waals surface area contributed by atoms with Gasteiger partial charge in [0, 0.05) is 26.5 Å². The van der Waals surface area contributed by atoms with Crippen molar-refractivity contribution in [2.75, 3.05) is 5.32 Å². The molecule has 3 aromatic rings. The Kier molecular flexibility index (Phi) is 3.45. The molecule has 0 amide bonds. The standard InChI is InChI=1S/C17H11BrN2O3S/c18-11-6-4-10(5-7-11)17-19-13-3-1-2-12-15(24(21,22)23)9-8-14(20-17)16(12)13/h1-9H,(H,19,20)(H,21,22,23). The maximum atomic E-state index is 11.6. The van der Waals surface area contributed by atoms with Crippen LogP contribution >= 0.6 is 15.9 Å². The van der Waals surface area contributed by atoms with Gasteiger partial charge in [0.1, 0.15) is 10.7 Å². The molecule has 0 atom stereocenters. The van der Waals surface area contributed by atoms with Crippen LogP contribution in [-0.4, -0.2) is 18.8 Å². The van der Waals surface area contributed by atoms with Crippen LogP contribution in [0, 0.1) is 0 Å². The molecule has 0 unspecified atom stereocenters. The highest BCUT2D eigenvalue weighted by Gasteiger charge is 2.21. The Hall–Kier alpha value is -2.22. The third-order valence-corrected chi connectivity index (χ3v) is 5.30. The fourth-order valence-corrected chi connectivity index (χ4v) is 3.76. The van der Waals surface area contributed by atoms with Gasteiger partial charge in [-0.05, 0) is 30.3 Å². The van der Waals surface area contributed by atoms with Gasteiger partial charge in [0.15, 0.2) is 0 Å². The molecule has 0 bridgehead atoms. The summed E-state index contributed by atoms with van der Waals surface area (Å²) in [6.07, 6.45) is 0. The van der Waals surface area contributed by atoms with Crippen LogP contribution in [-0.2, 0) is 10.1 Å². The van der Waals surface area contributed by atoms with Crippen molar-refractivity contribution in [3.8, 4) is 0 Å². The van der Waals surface area contributed by atoms with Crippen molar-refractivity contribution in [3.05, 3.63) is 64.6 Å². The second-order valence-corrected chi connectivity index (χ2v) is 7.68. The van der Waals surface area contributed by atoms with E-state index in [0.717, 1.165) is 15.7 Å². The van der Waals surface area contributed by atoms with E-state index in [9.17, 15) is 13.0 Å². The Labute approximate surface area is 146 Å². The second kappa shape index (κ2) is 5.41. The number of aliphatic imine (C=N–C) groups is 1. The van der Waals surface area contributed by atoms with Gasteiger partial charge in [-0.25, -0.2) is 4.99 Å². The summed E-state index contributed by atoms with van der Waals surface area (Å²) in [5, 5.41) is 4.35. The van der Waals surface area contributed by atoms with Crippen molar-refractivity contribution in [2.24, 2.45) is 4.99 Å². The molecule has 120 valence electrons. The van der Waals surface area contributed by atoms with Crippen LogP contribution in [0.2, 0.25) is 0 Å². The van der Waals surface area contributed by atoms with E-state index in [1.54, 1.807) is 18.2 Å². The number of rotatable bonds is 2. The fraction of sp³-hybridized carbons (Fsp3) is 0. The van der Waals surface area contributed by atoms with Crippen molar-refractivity contribution < 1.29 is 13.0 Å². The van der Waals surface area contributed by atoms with E-state index in [1.165, 1.54) is 6.07 Å². The lowest BCUT2D eigenvalue weighted by Gasteiger charge is -2.20. The average molecular weight is 403 g/mol. The van der Waals surface area contributed by atoms with Gasteiger partial charge in [-0.15, -0.1) is 0 Å². The summed E-state index contributed by atoms with van der Waals surface area (Å²) in [6.45, 7) is 0. The molecule has 1 aliphatic heterocycles. The second-order valence-electron chi connectivity index (χ2n) is 5.38. The van der Waals surface area contributed by atoms with Crippen LogP contribution in [0.4, 0.5) is 11.4 Å². The summed E-state index contributed by atoms with van der Waals surface area (Å²) >= 11 is 3.40. The largest absolute Gasteiger partial charge is 0.339 e. The zero-order valence-corrected chi connectivity index (χ0v) is 14.6. The Bertz CT molecular complexity index is 1110. The first-order valence-corrected chi connectivity index (χ1v) is 9.32. The number of halogens is 1. The first-order valence-electron chi connectivity index (χ1n) is 7.08. The van der Waals surface area contributed by atoms with E-state index < -0.39 is 10.1 Å². The average Bonchev–Trinajstić information content (AvgIpc) is 2.54. The molecule has 0 aromatic heterocycles. The molecule has 1 aliphatic rings. The van der Waals surface area contributed by atoms with E-state index in [-0.39, 0.29) is 4.90 Å². The summed E-state index contributed by atoms with van der Waals surface area (Å²) in [4.78, 5) is 4.48. The van der Waals surface area contributed by atoms with E-state index >= 15 is 0 Å². The van der Waals surface area contributed by atoms with Crippen molar-refractivity contribution in [2.45, 2.75) is 4.90 Å². The number of benzene rings is 3. The van der Waals surface area contributed by atoms with Gasteiger partial charge in [0.25, 0.3) is 10.1 Å². The highest BCUT2D eigenvalue weighted by molar-refractivity contribution is 9.10. The monoisotopic (exact) mass is 402 g/mol. The topological polar surface area (TPSA) is 78.8 Å². The molecule has 7 heteroatoms. The summed E-state index contributed by atoms with van der Waals surface area (Å²) in [6, 6.07) is 16.0. The number of hydrogen-bond acceptors (Lipinski definition) is 4. The van der Waals surface area contributed by atoms with Gasteiger partial charge >= 0.3 is 0 Å². The minimum Gasteiger partial charge on any atom is -0.339 e. The minimum atomic E-state index is -4.30. The number of anilines is 1. The van der Waals surface area contributed by atoms with Crippen LogP contribution in [0.15, 0.2) is 69.0 Å². The predicted molar refractivity (Wildman–Crippen MR) is 97.7 cm³/mol. The summed E-state index contributed by atoms with van der Waals surface area (Å²) in [5.74, 6) is 0.683. The Morgan fingerprint density at radius 2 is 1.75 bits per heavy atom. The van der Waals surface area contributed by atoms with E-state index in [1.807, 2.05) is 30.3 Å². The lowest BCUT2D eigenvalue weighted by molar-refractivity contribution is 0.484. The highest BCUT2D eigenvalue weighted by atomic mass is 79.9. The number of hydrogen-bond donors (Lipinski definition) is 2. The first kappa shape index (κ1) is 15.3. The number of amidine groups is 1. The quantitative estimate of drug-likeness (QED) is 0.624. The maximum Gasteiger partial charge on any atom is 0.295 e. The fourth-order valence-electron chi connectivity index (χ4n) is 2.80. The van der Waals surface area contributed by atoms with Gasteiger partial charge in [0.2, 0.25) is 0 Å². The van der Waals surface area contributed by atoms with Gasteiger partial charge in [0.05, 0.1) is 5.69 Å². The maximum absolute atomic E-state index is 11.6. The molecule has 0 saturated heterocycles. The molecule has 0 spiro atoms. The Morgan fingerprint density at radius 1 is 1.00 bits per heavy atom. The van der Waals surface area contributed by atoms with Crippen LogP contribution in [0.5, 0.6) is 0 Å². The van der Waals surface area contributed by atoms with Crippen LogP contribution in [0.3, 0.4) is 0 Å². The van der Waals surface area contributed by atoms with Crippen LogP contribution in [0.25, 0.3) is 10.8 Å². The zero-order chi connectivity index (χ0) is 16.9.